The van der Waals surface area contributed by atoms with Gasteiger partial charge in [0.15, 0.2) is 17.1 Å². The highest BCUT2D eigenvalue weighted by Gasteiger charge is 2.12. The Morgan fingerprint density at radius 2 is 1.93 bits per heavy atom. The van der Waals surface area contributed by atoms with Gasteiger partial charge in [-0.3, -0.25) is 9.78 Å². The number of rotatable bonds is 7. The Balaban J connectivity index is 1.45. The van der Waals surface area contributed by atoms with Crippen molar-refractivity contribution < 1.29 is 14.3 Å². The fourth-order valence-corrected chi connectivity index (χ4v) is 3.41. The van der Waals surface area contributed by atoms with Crippen molar-refractivity contribution in [2.24, 2.45) is 0 Å². The van der Waals surface area contributed by atoms with Crippen molar-refractivity contribution in [2.45, 2.75) is 5.03 Å². The largest absolute Gasteiger partial charge is 0.493 e. The van der Waals surface area contributed by atoms with Gasteiger partial charge >= 0.3 is 0 Å². The third-order valence-corrected chi connectivity index (χ3v) is 5.07. The first-order valence-corrected chi connectivity index (χ1v) is 9.95. The molecule has 0 aliphatic rings. The zero-order valence-electron chi connectivity index (χ0n) is 16.3. The second-order valence-corrected chi connectivity index (χ2v) is 7.08. The summed E-state index contributed by atoms with van der Waals surface area (Å²) in [6.45, 7) is 0. The van der Waals surface area contributed by atoms with Crippen LogP contribution in [-0.4, -0.2) is 50.7 Å². The third kappa shape index (κ3) is 4.18. The number of aromatic nitrogens is 5. The Bertz CT molecular complexity index is 1180. The molecule has 9 nitrogen and oxygen atoms in total. The molecule has 0 unspecified atom stereocenters. The van der Waals surface area contributed by atoms with Crippen LogP contribution in [0.3, 0.4) is 0 Å². The van der Waals surface area contributed by atoms with E-state index in [0.29, 0.717) is 39.4 Å². The normalized spacial score (nSPS) is 10.7. The number of hydrogen-bond acceptors (Lipinski definition) is 8. The topological polar surface area (TPSA) is 104 Å². The van der Waals surface area contributed by atoms with Gasteiger partial charge < -0.3 is 14.8 Å². The van der Waals surface area contributed by atoms with E-state index in [1.54, 1.807) is 55.3 Å². The molecule has 0 spiro atoms. The maximum Gasteiger partial charge on any atom is 0.234 e. The Morgan fingerprint density at radius 1 is 1.07 bits per heavy atom. The van der Waals surface area contributed by atoms with Crippen LogP contribution < -0.4 is 14.8 Å². The Labute approximate surface area is 176 Å². The second kappa shape index (κ2) is 8.78. The van der Waals surface area contributed by atoms with Crippen LogP contribution in [0.25, 0.3) is 17.2 Å². The molecule has 4 aromatic rings. The SMILES string of the molecule is COc1ccc(NC(=O)CSc2ccc3nnc(-c4ccccn4)n3n2)cc1OC. The first-order valence-electron chi connectivity index (χ1n) is 8.96. The number of carbonyl (C=O) groups excluding carboxylic acids is 1. The number of ether oxygens (including phenoxy) is 2. The number of pyridine rings is 1. The predicted octanol–water partition coefficient (Wildman–Crippen LogP) is 2.93. The summed E-state index contributed by atoms with van der Waals surface area (Å²) in [5, 5.41) is 16.3. The molecule has 1 aromatic carbocycles. The van der Waals surface area contributed by atoms with Gasteiger partial charge in [0.1, 0.15) is 10.7 Å². The molecule has 0 aliphatic heterocycles. The lowest BCUT2D eigenvalue weighted by Crippen LogP contribution is -2.14. The maximum atomic E-state index is 12.4. The van der Waals surface area contributed by atoms with Crippen LogP contribution in [0, 0.1) is 0 Å². The molecule has 0 bridgehead atoms. The monoisotopic (exact) mass is 422 g/mol. The van der Waals surface area contributed by atoms with Gasteiger partial charge in [-0.2, -0.15) is 9.61 Å². The van der Waals surface area contributed by atoms with Crippen molar-refractivity contribution in [3.8, 4) is 23.0 Å². The standard InChI is InChI=1S/C20H18N6O3S/c1-28-15-7-6-13(11-16(15)29-2)22-18(27)12-30-19-9-8-17-23-24-20(26(17)25-19)14-5-3-4-10-21-14/h3-11H,12H2,1-2H3,(H,22,27). The summed E-state index contributed by atoms with van der Waals surface area (Å²) in [5.41, 5.74) is 1.90. The number of nitrogens with one attached hydrogen (secondary N) is 1. The van der Waals surface area contributed by atoms with E-state index in [1.807, 2.05) is 18.2 Å². The predicted molar refractivity (Wildman–Crippen MR) is 113 cm³/mol. The van der Waals surface area contributed by atoms with E-state index >= 15 is 0 Å². The van der Waals surface area contributed by atoms with Gasteiger partial charge in [0.2, 0.25) is 11.7 Å². The van der Waals surface area contributed by atoms with Gasteiger partial charge in [-0.25, -0.2) is 0 Å². The van der Waals surface area contributed by atoms with Gasteiger partial charge in [-0.05, 0) is 36.4 Å². The van der Waals surface area contributed by atoms with Gasteiger partial charge in [-0.15, -0.1) is 10.2 Å². The molecule has 30 heavy (non-hydrogen) atoms. The minimum absolute atomic E-state index is 0.164. The lowest BCUT2D eigenvalue weighted by atomic mass is 10.2. The van der Waals surface area contributed by atoms with Crippen LogP contribution in [-0.2, 0) is 4.79 Å². The lowest BCUT2D eigenvalue weighted by molar-refractivity contribution is -0.113. The van der Waals surface area contributed by atoms with E-state index in [2.05, 4.69) is 25.6 Å². The van der Waals surface area contributed by atoms with E-state index < -0.39 is 0 Å². The average Bonchev–Trinajstić information content (AvgIpc) is 3.21. The summed E-state index contributed by atoms with van der Waals surface area (Å²) in [7, 11) is 3.11. The van der Waals surface area contributed by atoms with Crippen LogP contribution in [0.4, 0.5) is 5.69 Å². The number of thioether (sulfide) groups is 1. The smallest absolute Gasteiger partial charge is 0.234 e. The molecule has 0 aliphatic carbocycles. The van der Waals surface area contributed by atoms with Crippen LogP contribution in [0.1, 0.15) is 0 Å². The molecule has 3 aromatic heterocycles. The molecule has 0 saturated carbocycles. The quantitative estimate of drug-likeness (QED) is 0.454. The number of methoxy groups -OCH3 is 2. The number of hydrogen-bond donors (Lipinski definition) is 1. The van der Waals surface area contributed by atoms with E-state index in [0.717, 1.165) is 0 Å². The van der Waals surface area contributed by atoms with Crippen LogP contribution >= 0.6 is 11.8 Å². The highest BCUT2D eigenvalue weighted by atomic mass is 32.2. The van der Waals surface area contributed by atoms with Gasteiger partial charge in [-0.1, -0.05) is 17.8 Å². The zero-order chi connectivity index (χ0) is 20.9. The molecule has 152 valence electrons. The number of amides is 1. The van der Waals surface area contributed by atoms with Crippen molar-refractivity contribution in [3.05, 3.63) is 54.7 Å². The number of fused-ring (bicyclic) bond motifs is 1. The minimum Gasteiger partial charge on any atom is -0.493 e. The molecule has 10 heteroatoms. The van der Waals surface area contributed by atoms with Crippen LogP contribution in [0.2, 0.25) is 0 Å². The van der Waals surface area contributed by atoms with Crippen molar-refractivity contribution >= 4 is 29.0 Å². The minimum atomic E-state index is -0.164. The van der Waals surface area contributed by atoms with E-state index in [9.17, 15) is 4.79 Å². The molecular weight excluding hydrogens is 404 g/mol. The second-order valence-electron chi connectivity index (χ2n) is 6.09. The van der Waals surface area contributed by atoms with Crippen LogP contribution in [0.5, 0.6) is 11.5 Å². The number of benzene rings is 1. The summed E-state index contributed by atoms with van der Waals surface area (Å²) in [6.07, 6.45) is 1.69. The third-order valence-electron chi connectivity index (χ3n) is 4.15. The van der Waals surface area contributed by atoms with E-state index in [-0.39, 0.29) is 11.7 Å². The molecule has 0 atom stereocenters. The van der Waals surface area contributed by atoms with Gasteiger partial charge in [0.05, 0.1) is 20.0 Å². The number of nitrogens with zero attached hydrogens (tertiary/aromatic N) is 5. The molecule has 1 amide bonds. The highest BCUT2D eigenvalue weighted by Crippen LogP contribution is 2.30. The molecule has 3 heterocycles. The van der Waals surface area contributed by atoms with Gasteiger partial charge in [0, 0.05) is 18.0 Å². The Hall–Kier alpha value is -3.66. The van der Waals surface area contributed by atoms with E-state index in [4.69, 9.17) is 9.47 Å². The van der Waals surface area contributed by atoms with Gasteiger partial charge in [0.25, 0.3) is 0 Å². The number of anilines is 1. The summed E-state index contributed by atoms with van der Waals surface area (Å²) < 4.78 is 12.1. The lowest BCUT2D eigenvalue weighted by Gasteiger charge is -2.10. The summed E-state index contributed by atoms with van der Waals surface area (Å²) >= 11 is 1.31. The van der Waals surface area contributed by atoms with Crippen molar-refractivity contribution in [3.63, 3.8) is 0 Å². The Morgan fingerprint density at radius 3 is 2.70 bits per heavy atom. The zero-order valence-corrected chi connectivity index (χ0v) is 17.1. The molecule has 0 fully saturated rings. The fourth-order valence-electron chi connectivity index (χ4n) is 2.75. The van der Waals surface area contributed by atoms with Crippen LogP contribution in [0.15, 0.2) is 59.8 Å². The molecule has 4 rings (SSSR count). The Kier molecular flexibility index (Phi) is 5.75. The first-order chi connectivity index (χ1) is 14.7. The van der Waals surface area contributed by atoms with Crippen molar-refractivity contribution in [1.29, 1.82) is 0 Å². The van der Waals surface area contributed by atoms with Crippen molar-refractivity contribution in [2.75, 3.05) is 25.3 Å². The fraction of sp³-hybridized carbons (Fsp3) is 0.150. The number of carbonyl (C=O) groups is 1. The highest BCUT2D eigenvalue weighted by molar-refractivity contribution is 7.99. The molecule has 1 N–H and O–H groups in total. The summed E-state index contributed by atoms with van der Waals surface area (Å²) in [6, 6.07) is 14.4. The first kappa shape index (κ1) is 19.6. The summed E-state index contributed by atoms with van der Waals surface area (Å²) in [4.78, 5) is 16.7. The average molecular weight is 422 g/mol. The molecular formula is C20H18N6O3S. The van der Waals surface area contributed by atoms with E-state index in [1.165, 1.54) is 11.8 Å². The molecule has 0 saturated heterocycles. The summed E-state index contributed by atoms with van der Waals surface area (Å²) in [5.74, 6) is 1.71. The molecule has 0 radical (unpaired) electrons. The maximum absolute atomic E-state index is 12.4. The van der Waals surface area contributed by atoms with Crippen molar-refractivity contribution in [1.82, 2.24) is 24.8 Å².